The molecule has 2 heterocycles. The van der Waals surface area contributed by atoms with Crippen molar-refractivity contribution in [2.75, 3.05) is 14.1 Å². The lowest BCUT2D eigenvalue weighted by Gasteiger charge is -2.55. The first kappa shape index (κ1) is 17.2. The molecule has 0 bridgehead atoms. The van der Waals surface area contributed by atoms with Crippen molar-refractivity contribution in [1.82, 2.24) is 10.6 Å². The number of rotatable bonds is 2. The average molecular weight is 332 g/mol. The Morgan fingerprint density at radius 2 is 1.74 bits per heavy atom. The van der Waals surface area contributed by atoms with Crippen LogP contribution in [0.3, 0.4) is 0 Å². The van der Waals surface area contributed by atoms with Crippen LogP contribution in [-0.4, -0.2) is 89.9 Å². The van der Waals surface area contributed by atoms with Crippen LogP contribution in [0.4, 0.5) is 0 Å². The summed E-state index contributed by atoms with van der Waals surface area (Å²) in [6.45, 7) is 1.70. The molecule has 1 aliphatic carbocycles. The molecule has 0 unspecified atom stereocenters. The molecule has 3 rings (SSSR count). The van der Waals surface area contributed by atoms with Crippen LogP contribution in [0.15, 0.2) is 0 Å². The van der Waals surface area contributed by atoms with Gasteiger partial charge in [-0.1, -0.05) is 0 Å². The first-order valence-corrected chi connectivity index (χ1v) is 7.78. The molecule has 132 valence electrons. The highest BCUT2D eigenvalue weighted by Crippen LogP contribution is 2.40. The van der Waals surface area contributed by atoms with E-state index in [9.17, 15) is 20.1 Å². The molecule has 0 aromatic heterocycles. The van der Waals surface area contributed by atoms with Gasteiger partial charge in [0.2, 0.25) is 6.29 Å². The van der Waals surface area contributed by atoms with Gasteiger partial charge in [0.25, 0.3) is 5.79 Å². The van der Waals surface area contributed by atoms with Crippen molar-refractivity contribution >= 4 is 5.78 Å². The van der Waals surface area contributed by atoms with Crippen LogP contribution < -0.4 is 10.6 Å². The molecule has 23 heavy (non-hydrogen) atoms. The maximum Gasteiger partial charge on any atom is 0.280 e. The van der Waals surface area contributed by atoms with Crippen molar-refractivity contribution in [3.05, 3.63) is 0 Å². The fourth-order valence-corrected chi connectivity index (χ4v) is 3.68. The van der Waals surface area contributed by atoms with Crippen LogP contribution in [0.5, 0.6) is 0 Å². The third-order valence-corrected chi connectivity index (χ3v) is 4.93. The lowest BCUT2D eigenvalue weighted by Crippen LogP contribution is -2.77. The number of carbonyl (C=O) groups is 1. The van der Waals surface area contributed by atoms with Gasteiger partial charge in [-0.3, -0.25) is 4.79 Å². The molecule has 0 spiro atoms. The average Bonchev–Trinajstić information content (AvgIpc) is 2.49. The highest BCUT2D eigenvalue weighted by atomic mass is 16.8. The SMILES string of the molecule is CN[C@@H]1[C@H](O)[C@H](NC)[C@@H]2O[C@@]3(O)C(=O)C[C@@H](C)O[C@H]3O[C@@H]2[C@H]1O. The first-order valence-electron chi connectivity index (χ1n) is 7.78. The molecule has 0 radical (unpaired) electrons. The minimum Gasteiger partial charge on any atom is -0.390 e. The molecular weight excluding hydrogens is 308 g/mol. The minimum absolute atomic E-state index is 0.00220. The Hall–Kier alpha value is -0.650. The van der Waals surface area contributed by atoms with Gasteiger partial charge in [0.15, 0.2) is 5.78 Å². The molecule has 9 nitrogen and oxygen atoms in total. The number of Topliss-reactive ketones (excluding diaryl/α,β-unsaturated/α-hetero) is 1. The first-order chi connectivity index (χ1) is 10.8. The standard InChI is InChI=1S/C14H24N2O7/c1-5-4-6(17)14(20)13(21-5)22-12-10(19)7(15-2)9(18)8(16-3)11(12)23-14/h5,7-13,15-16,18-20H,4H2,1-3H3/t5-,7-,8+,9+,10+,11+,12-,13+,14+/m1/s1. The molecule has 9 atom stereocenters. The zero-order valence-electron chi connectivity index (χ0n) is 13.3. The number of likely N-dealkylation sites (N-methyl/N-ethyl adjacent to an activating group) is 2. The molecule has 9 heteroatoms. The van der Waals surface area contributed by atoms with Gasteiger partial charge in [-0.25, -0.2) is 0 Å². The lowest BCUT2D eigenvalue weighted by molar-refractivity contribution is -0.420. The zero-order chi connectivity index (χ0) is 16.9. The molecule has 5 N–H and O–H groups in total. The number of ether oxygens (including phenoxy) is 3. The van der Waals surface area contributed by atoms with E-state index < -0.39 is 60.5 Å². The number of hydrogen-bond donors (Lipinski definition) is 5. The monoisotopic (exact) mass is 332 g/mol. The van der Waals surface area contributed by atoms with Gasteiger partial charge in [0.05, 0.1) is 24.3 Å². The summed E-state index contributed by atoms with van der Waals surface area (Å²) in [6.07, 6.45) is -5.58. The third kappa shape index (κ3) is 2.52. The van der Waals surface area contributed by atoms with Crippen molar-refractivity contribution in [3.63, 3.8) is 0 Å². The van der Waals surface area contributed by atoms with E-state index in [1.54, 1.807) is 21.0 Å². The summed E-state index contributed by atoms with van der Waals surface area (Å²) in [7, 11) is 3.24. The van der Waals surface area contributed by atoms with Crippen LogP contribution in [0.2, 0.25) is 0 Å². The summed E-state index contributed by atoms with van der Waals surface area (Å²) in [4.78, 5) is 12.2. The normalized spacial score (nSPS) is 53.6. The number of aliphatic hydroxyl groups is 3. The Labute approximate surface area is 133 Å². The largest absolute Gasteiger partial charge is 0.390 e. The molecule has 2 aliphatic heterocycles. The molecule has 0 amide bonds. The third-order valence-electron chi connectivity index (χ3n) is 4.93. The topological polar surface area (TPSA) is 130 Å². The second-order valence-corrected chi connectivity index (χ2v) is 6.40. The summed E-state index contributed by atoms with van der Waals surface area (Å²) < 4.78 is 16.8. The number of carbonyl (C=O) groups excluding carboxylic acids is 1. The summed E-state index contributed by atoms with van der Waals surface area (Å²) in [5.74, 6) is -2.76. The van der Waals surface area contributed by atoms with Gasteiger partial charge in [-0.2, -0.15) is 0 Å². The van der Waals surface area contributed by atoms with Crippen LogP contribution in [0, 0.1) is 0 Å². The van der Waals surface area contributed by atoms with Crippen LogP contribution in [0.25, 0.3) is 0 Å². The van der Waals surface area contributed by atoms with Crippen molar-refractivity contribution in [1.29, 1.82) is 0 Å². The van der Waals surface area contributed by atoms with E-state index in [0.717, 1.165) is 0 Å². The van der Waals surface area contributed by atoms with E-state index in [1.165, 1.54) is 0 Å². The molecule has 3 fully saturated rings. The molecule has 3 aliphatic rings. The van der Waals surface area contributed by atoms with Crippen molar-refractivity contribution in [2.24, 2.45) is 0 Å². The van der Waals surface area contributed by atoms with Crippen LogP contribution >= 0.6 is 0 Å². The molecule has 0 aromatic carbocycles. The number of nitrogens with one attached hydrogen (secondary N) is 2. The summed E-state index contributed by atoms with van der Waals surface area (Å²) in [5.41, 5.74) is 0. The van der Waals surface area contributed by atoms with E-state index in [-0.39, 0.29) is 6.42 Å². The zero-order valence-corrected chi connectivity index (χ0v) is 13.3. The lowest BCUT2D eigenvalue weighted by atomic mass is 9.80. The van der Waals surface area contributed by atoms with Crippen molar-refractivity contribution in [2.45, 2.75) is 68.0 Å². The van der Waals surface area contributed by atoms with E-state index in [1.807, 2.05) is 0 Å². The number of hydrogen-bond acceptors (Lipinski definition) is 9. The summed E-state index contributed by atoms with van der Waals surface area (Å²) in [5, 5.41) is 37.2. The highest BCUT2D eigenvalue weighted by molar-refractivity contribution is 5.87. The Morgan fingerprint density at radius 3 is 2.35 bits per heavy atom. The van der Waals surface area contributed by atoms with E-state index in [2.05, 4.69) is 10.6 Å². The van der Waals surface area contributed by atoms with Crippen LogP contribution in [-0.2, 0) is 19.0 Å². The second kappa shape index (κ2) is 6.01. The van der Waals surface area contributed by atoms with Crippen molar-refractivity contribution < 1.29 is 34.3 Å². The number of fused-ring (bicyclic) bond motifs is 2. The van der Waals surface area contributed by atoms with Gasteiger partial charge in [0, 0.05) is 6.42 Å². The van der Waals surface area contributed by atoms with E-state index in [4.69, 9.17) is 14.2 Å². The predicted octanol–water partition coefficient (Wildman–Crippen LogP) is -2.93. The van der Waals surface area contributed by atoms with E-state index in [0.29, 0.717) is 0 Å². The molecule has 2 saturated heterocycles. The van der Waals surface area contributed by atoms with Gasteiger partial charge in [0.1, 0.15) is 18.3 Å². The quantitative estimate of drug-likeness (QED) is 0.361. The fourth-order valence-electron chi connectivity index (χ4n) is 3.68. The van der Waals surface area contributed by atoms with Gasteiger partial charge in [-0.05, 0) is 21.0 Å². The Balaban J connectivity index is 1.92. The Kier molecular flexibility index (Phi) is 4.49. The number of aliphatic hydroxyl groups excluding tert-OH is 2. The highest BCUT2D eigenvalue weighted by Gasteiger charge is 2.63. The molecule has 1 saturated carbocycles. The van der Waals surface area contributed by atoms with Crippen LogP contribution in [0.1, 0.15) is 13.3 Å². The minimum atomic E-state index is -2.23. The van der Waals surface area contributed by atoms with Gasteiger partial charge >= 0.3 is 0 Å². The molecule has 0 aromatic rings. The maximum atomic E-state index is 12.2. The predicted molar refractivity (Wildman–Crippen MR) is 76.4 cm³/mol. The molecular formula is C14H24N2O7. The maximum absolute atomic E-state index is 12.2. The van der Waals surface area contributed by atoms with Gasteiger partial charge in [-0.15, -0.1) is 0 Å². The Morgan fingerprint density at radius 1 is 1.09 bits per heavy atom. The summed E-state index contributed by atoms with van der Waals surface area (Å²) in [6, 6.07) is -1.29. The summed E-state index contributed by atoms with van der Waals surface area (Å²) >= 11 is 0. The smallest absolute Gasteiger partial charge is 0.280 e. The van der Waals surface area contributed by atoms with Crippen molar-refractivity contribution in [3.8, 4) is 0 Å². The van der Waals surface area contributed by atoms with Gasteiger partial charge < -0.3 is 40.2 Å². The fraction of sp³-hybridized carbons (Fsp3) is 0.929. The Bertz CT molecular complexity index is 478. The second-order valence-electron chi connectivity index (χ2n) is 6.40. The van der Waals surface area contributed by atoms with E-state index >= 15 is 0 Å². The number of ketones is 1.